The van der Waals surface area contributed by atoms with Crippen LogP contribution in [0.4, 0.5) is 11.5 Å². The molecule has 314 valence electrons. The van der Waals surface area contributed by atoms with Crippen LogP contribution in [0.2, 0.25) is 0 Å². The lowest BCUT2D eigenvalue weighted by molar-refractivity contribution is -0.765. The summed E-state index contributed by atoms with van der Waals surface area (Å²) in [5.74, 6) is -0.748. The molecule has 0 radical (unpaired) electrons. The molecule has 0 aliphatic carbocycles. The summed E-state index contributed by atoms with van der Waals surface area (Å²) >= 11 is 0. The molecule has 2 aliphatic heterocycles. The number of phosphoric ester groups is 3. The number of aliphatic hydroxyl groups is 3. The lowest BCUT2D eigenvalue weighted by Crippen LogP contribution is -2.46. The number of fused-ring (bicyclic) bond motifs is 1. The monoisotopic (exact) mass is 878 g/mol. The Bertz CT molecular complexity index is 2320. The van der Waals surface area contributed by atoms with Gasteiger partial charge in [-0.25, -0.2) is 28.4 Å². The third-order valence-electron chi connectivity index (χ3n) is 8.58. The van der Waals surface area contributed by atoms with Crippen molar-refractivity contribution in [3.63, 3.8) is 0 Å². The molecule has 3 aromatic heterocycles. The van der Waals surface area contributed by atoms with Crippen LogP contribution >= 0.6 is 23.5 Å². The maximum absolute atomic E-state index is 12.9. The zero-order valence-electron chi connectivity index (χ0n) is 29.1. The normalized spacial score (nSPS) is 26.9. The number of hydrogen-bond donors (Lipinski definition) is 8. The lowest BCUT2D eigenvalue weighted by Gasteiger charge is -2.26. The number of nitrogens with two attached hydrogens (primary N) is 1. The summed E-state index contributed by atoms with van der Waals surface area (Å²) in [5.41, 5.74) is 5.82. The van der Waals surface area contributed by atoms with Crippen LogP contribution in [-0.2, 0) is 47.6 Å². The number of nitrogen functional groups attached to an aromatic ring is 1. The van der Waals surface area contributed by atoms with Crippen molar-refractivity contribution in [2.75, 3.05) is 18.9 Å². The maximum Gasteiger partial charge on any atom is 0.478 e. The standard InChI is InChI=1S/C28H33N8O19P3/c29-24-19-25(32-12-31-24)35(13-33-19)28-23(54-56(43,44)45)21(38)18(53-28)11-51-58(48,49)55-57(46,47)50-10-17-20(37)22(39)27(52-17)34-7-3-5-15(9-34)26(40)30-8-14-4-1-2-6-16(14)36(41)42/h1-7,9,12-13,17-18,20-23,27-28,37-39H,8,10-11H2,(H6-,29,30,31,32,40,43,44,45,46,47,48,49)/t17-,18-,20-,21-,22-,23-,27-,28-/m1/s1. The Morgan fingerprint density at radius 3 is 2.41 bits per heavy atom. The Morgan fingerprint density at radius 2 is 1.69 bits per heavy atom. The highest BCUT2D eigenvalue weighted by molar-refractivity contribution is 7.60. The molecule has 27 nitrogen and oxygen atoms in total. The van der Waals surface area contributed by atoms with Crippen molar-refractivity contribution in [3.8, 4) is 0 Å². The number of nitrogens with zero attached hydrogens (tertiary/aromatic N) is 6. The molecular weight excluding hydrogens is 845 g/mol. The number of ether oxygens (including phenoxy) is 2. The van der Waals surface area contributed by atoms with Crippen molar-refractivity contribution < 1.29 is 90.2 Å². The van der Waals surface area contributed by atoms with Gasteiger partial charge in [0.2, 0.25) is 0 Å². The number of nitro groups is 1. The van der Waals surface area contributed by atoms with E-state index in [4.69, 9.17) is 24.3 Å². The first-order valence-corrected chi connectivity index (χ1v) is 20.9. The third-order valence-corrected chi connectivity index (χ3v) is 11.7. The quantitative estimate of drug-likeness (QED) is 0.0266. The average Bonchev–Trinajstić information content (AvgIpc) is 3.81. The van der Waals surface area contributed by atoms with Gasteiger partial charge in [0.1, 0.15) is 47.9 Å². The number of rotatable bonds is 16. The predicted molar refractivity (Wildman–Crippen MR) is 184 cm³/mol. The van der Waals surface area contributed by atoms with E-state index in [2.05, 4.69) is 29.1 Å². The molecule has 10 atom stereocenters. The predicted octanol–water partition coefficient (Wildman–Crippen LogP) is -1.79. The number of phosphoric acid groups is 3. The van der Waals surface area contributed by atoms with E-state index in [1.165, 1.54) is 47.3 Å². The highest BCUT2D eigenvalue weighted by Gasteiger charge is 2.51. The summed E-state index contributed by atoms with van der Waals surface area (Å²) in [5, 5.41) is 45.9. The summed E-state index contributed by atoms with van der Waals surface area (Å²) in [6.45, 7) is -2.40. The fourth-order valence-corrected chi connectivity index (χ4v) is 8.53. The van der Waals surface area contributed by atoms with Gasteiger partial charge in [0.15, 0.2) is 36.2 Å². The van der Waals surface area contributed by atoms with Crippen molar-refractivity contribution >= 4 is 52.0 Å². The number of carbonyl (C=O) groups is 1. The van der Waals surface area contributed by atoms with E-state index in [0.717, 1.165) is 17.2 Å². The van der Waals surface area contributed by atoms with Crippen LogP contribution in [0.25, 0.3) is 11.2 Å². The number of aliphatic hydroxyl groups excluding tert-OH is 3. The Balaban J connectivity index is 1.04. The van der Waals surface area contributed by atoms with Gasteiger partial charge >= 0.3 is 15.6 Å². The molecule has 0 bridgehead atoms. The number of nitrogens with one attached hydrogen (secondary N) is 1. The van der Waals surface area contributed by atoms with Crippen molar-refractivity contribution in [1.29, 1.82) is 0 Å². The summed E-state index contributed by atoms with van der Waals surface area (Å²) < 4.78 is 68.6. The van der Waals surface area contributed by atoms with Crippen LogP contribution in [0, 0.1) is 10.1 Å². The van der Waals surface area contributed by atoms with Gasteiger partial charge in [-0.1, -0.05) is 18.2 Å². The topological polar surface area (TPSA) is 397 Å². The summed E-state index contributed by atoms with van der Waals surface area (Å²) in [7, 11) is -16.8. The van der Waals surface area contributed by atoms with Gasteiger partial charge in [0, 0.05) is 24.2 Å². The van der Waals surface area contributed by atoms with E-state index >= 15 is 0 Å². The molecule has 1 amide bonds. The minimum absolute atomic E-state index is 0.0105. The first kappa shape index (κ1) is 43.3. The van der Waals surface area contributed by atoms with Crippen LogP contribution in [0.3, 0.4) is 0 Å². The van der Waals surface area contributed by atoms with Crippen molar-refractivity contribution in [2.24, 2.45) is 0 Å². The Kier molecular flexibility index (Phi) is 12.8. The molecule has 2 unspecified atom stereocenters. The molecule has 58 heavy (non-hydrogen) atoms. The fraction of sp³-hybridized carbons (Fsp3) is 0.393. The van der Waals surface area contributed by atoms with Gasteiger partial charge in [0.05, 0.1) is 24.5 Å². The number of aromatic nitrogens is 5. The second kappa shape index (κ2) is 17.2. The number of imidazole rings is 1. The fourth-order valence-electron chi connectivity index (χ4n) is 5.93. The molecule has 0 spiro atoms. The molecule has 5 heterocycles. The largest absolute Gasteiger partial charge is 0.756 e. The molecule has 6 rings (SSSR count). The van der Waals surface area contributed by atoms with Gasteiger partial charge in [0.25, 0.3) is 25.6 Å². The van der Waals surface area contributed by atoms with Crippen LogP contribution in [0.15, 0.2) is 61.4 Å². The second-order valence-electron chi connectivity index (χ2n) is 12.4. The van der Waals surface area contributed by atoms with Gasteiger partial charge in [-0.15, -0.1) is 0 Å². The van der Waals surface area contributed by atoms with E-state index < -0.39 is 96.6 Å². The van der Waals surface area contributed by atoms with Crippen LogP contribution in [0.1, 0.15) is 28.4 Å². The Labute approximate surface area is 324 Å². The van der Waals surface area contributed by atoms with E-state index in [9.17, 15) is 63.5 Å². The molecule has 2 saturated heterocycles. The van der Waals surface area contributed by atoms with E-state index in [1.54, 1.807) is 6.07 Å². The van der Waals surface area contributed by atoms with E-state index in [-0.39, 0.29) is 40.3 Å². The Morgan fingerprint density at radius 1 is 0.983 bits per heavy atom. The zero-order chi connectivity index (χ0) is 42.2. The highest BCUT2D eigenvalue weighted by atomic mass is 31.3. The molecule has 30 heteroatoms. The van der Waals surface area contributed by atoms with Gasteiger partial charge in [-0.05, 0) is 6.07 Å². The summed E-state index contributed by atoms with van der Waals surface area (Å²) in [6.07, 6.45) is -9.07. The van der Waals surface area contributed by atoms with Crippen molar-refractivity contribution in [1.82, 2.24) is 24.8 Å². The van der Waals surface area contributed by atoms with Gasteiger partial charge < -0.3 is 59.9 Å². The number of nitro benzene ring substituents is 1. The molecular formula is C28H33N8O19P3. The van der Waals surface area contributed by atoms with Crippen molar-refractivity contribution in [3.05, 3.63) is 82.7 Å². The van der Waals surface area contributed by atoms with Crippen LogP contribution < -0.4 is 20.5 Å². The van der Waals surface area contributed by atoms with E-state index in [0.29, 0.717) is 0 Å². The number of para-hydroxylation sites is 1. The molecule has 2 fully saturated rings. The average molecular weight is 879 g/mol. The molecule has 9 N–H and O–H groups in total. The third kappa shape index (κ3) is 9.95. The number of amides is 1. The minimum Gasteiger partial charge on any atom is -0.756 e. The molecule has 0 saturated carbocycles. The summed E-state index contributed by atoms with van der Waals surface area (Å²) in [4.78, 5) is 76.9. The lowest BCUT2D eigenvalue weighted by atomic mass is 10.1. The maximum atomic E-state index is 12.9. The van der Waals surface area contributed by atoms with Crippen molar-refractivity contribution in [2.45, 2.75) is 55.6 Å². The molecule has 4 aromatic rings. The number of carbonyl (C=O) groups excluding carboxylic acids is 1. The number of anilines is 1. The van der Waals surface area contributed by atoms with Gasteiger partial charge in [-0.3, -0.25) is 33.1 Å². The number of hydrogen-bond acceptors (Lipinski definition) is 20. The second-order valence-corrected chi connectivity index (χ2v) is 16.6. The first-order valence-electron chi connectivity index (χ1n) is 16.4. The smallest absolute Gasteiger partial charge is 0.478 e. The Hall–Kier alpha value is -4.24. The highest BCUT2D eigenvalue weighted by Crippen LogP contribution is 2.58. The van der Waals surface area contributed by atoms with Crippen LogP contribution in [-0.4, -0.2) is 110 Å². The first-order chi connectivity index (χ1) is 27.2. The van der Waals surface area contributed by atoms with Gasteiger partial charge in [-0.2, -0.15) is 4.57 Å². The number of pyridine rings is 1. The minimum atomic E-state index is -5.83. The summed E-state index contributed by atoms with van der Waals surface area (Å²) in [6, 6.07) is 8.53. The number of benzene rings is 1. The van der Waals surface area contributed by atoms with Crippen LogP contribution in [0.5, 0.6) is 0 Å². The SMILES string of the molecule is Nc1ncnc2c1ncn2[C@@H]1O[C@H](COP(=O)([O-])OP(=O)(O)OC[C@H]2O[C@@H]([n+]3cccc(C(=O)NCc4ccccc4[N+](=O)[O-])c3)[C@H](O)[C@@H]2O)[C@@H](O)[C@H]1OP(=O)(O)O. The zero-order valence-corrected chi connectivity index (χ0v) is 31.8. The molecule has 1 aromatic carbocycles. The van der Waals surface area contributed by atoms with E-state index in [1.807, 2.05) is 0 Å². The molecule has 2 aliphatic rings.